The van der Waals surface area contributed by atoms with E-state index in [0.717, 1.165) is 5.56 Å². The first-order chi connectivity index (χ1) is 11.8. The first-order valence-electron chi connectivity index (χ1n) is 7.30. The van der Waals surface area contributed by atoms with Crippen LogP contribution in [0.2, 0.25) is 0 Å². The third-order valence-electron chi connectivity index (χ3n) is 3.31. The molecule has 0 radical (unpaired) electrons. The van der Waals surface area contributed by atoms with Crippen LogP contribution >= 0.6 is 0 Å². The van der Waals surface area contributed by atoms with Crippen molar-refractivity contribution in [3.8, 4) is 5.75 Å². The number of ether oxygens (including phenoxy) is 1. The maximum Gasteiger partial charge on any atom is 0.387 e. The summed E-state index contributed by atoms with van der Waals surface area (Å²) in [6.07, 6.45) is 1.20. The number of carbonyl (C=O) groups is 1. The van der Waals surface area contributed by atoms with E-state index < -0.39 is 17.4 Å². The minimum absolute atomic E-state index is 0.0413. The van der Waals surface area contributed by atoms with Gasteiger partial charge >= 0.3 is 12.3 Å². The summed E-state index contributed by atoms with van der Waals surface area (Å²) in [5.74, 6) is -0.597. The molecule has 0 bridgehead atoms. The standard InChI is InChI=1S/C15H16F2N4O4/c1-9-3-4-13(25-15(16)17)11(7-9)18-14(22)5-6-20-8-12(21(23)24)10(2)19-20/h3-4,7-8,15H,5-6H2,1-2H3,(H,18,22). The number of aryl methyl sites for hydroxylation is 3. The van der Waals surface area contributed by atoms with Gasteiger partial charge in [-0.2, -0.15) is 13.9 Å². The van der Waals surface area contributed by atoms with E-state index in [1.54, 1.807) is 13.0 Å². The van der Waals surface area contributed by atoms with Crippen LogP contribution in [0.15, 0.2) is 24.4 Å². The van der Waals surface area contributed by atoms with Crippen LogP contribution in [-0.4, -0.2) is 27.2 Å². The lowest BCUT2D eigenvalue weighted by molar-refractivity contribution is -0.385. The Morgan fingerprint density at radius 3 is 2.76 bits per heavy atom. The second kappa shape index (κ2) is 7.69. The highest BCUT2D eigenvalue weighted by Crippen LogP contribution is 2.27. The Balaban J connectivity index is 2.02. The predicted octanol–water partition coefficient (Wildman–Crippen LogP) is 3.04. The summed E-state index contributed by atoms with van der Waals surface area (Å²) in [5, 5.41) is 17.2. The molecule has 2 aromatic rings. The van der Waals surface area contributed by atoms with Crippen LogP contribution in [0, 0.1) is 24.0 Å². The highest BCUT2D eigenvalue weighted by Gasteiger charge is 2.16. The number of amides is 1. The van der Waals surface area contributed by atoms with Gasteiger partial charge < -0.3 is 10.1 Å². The number of benzene rings is 1. The molecule has 0 aliphatic carbocycles. The molecule has 2 rings (SSSR count). The van der Waals surface area contributed by atoms with Crippen LogP contribution in [-0.2, 0) is 11.3 Å². The number of nitrogens with zero attached hydrogens (tertiary/aromatic N) is 3. The van der Waals surface area contributed by atoms with Crippen LogP contribution < -0.4 is 10.1 Å². The van der Waals surface area contributed by atoms with Gasteiger partial charge in [0.1, 0.15) is 17.6 Å². The molecule has 1 aromatic carbocycles. The summed E-state index contributed by atoms with van der Waals surface area (Å²) < 4.78 is 30.5. The molecule has 1 aromatic heterocycles. The van der Waals surface area contributed by atoms with Gasteiger partial charge in [0.15, 0.2) is 0 Å². The number of hydrogen-bond donors (Lipinski definition) is 1. The van der Waals surface area contributed by atoms with Gasteiger partial charge in [0.05, 0.1) is 10.6 Å². The van der Waals surface area contributed by atoms with Crippen molar-refractivity contribution in [2.24, 2.45) is 0 Å². The fourth-order valence-corrected chi connectivity index (χ4v) is 2.17. The number of nitro groups is 1. The molecular weight excluding hydrogens is 338 g/mol. The normalized spacial score (nSPS) is 10.8. The molecule has 0 atom stereocenters. The number of hydrogen-bond acceptors (Lipinski definition) is 5. The first kappa shape index (κ1) is 18.3. The summed E-state index contributed by atoms with van der Waals surface area (Å²) in [4.78, 5) is 22.2. The van der Waals surface area contributed by atoms with Crippen molar-refractivity contribution < 1.29 is 23.2 Å². The Labute approximate surface area is 141 Å². The van der Waals surface area contributed by atoms with E-state index in [9.17, 15) is 23.7 Å². The molecule has 0 spiro atoms. The van der Waals surface area contributed by atoms with Gasteiger partial charge in [0, 0.05) is 13.0 Å². The van der Waals surface area contributed by atoms with Crippen molar-refractivity contribution in [2.45, 2.75) is 33.4 Å². The number of nitrogens with one attached hydrogen (secondary N) is 1. The zero-order chi connectivity index (χ0) is 18.6. The lowest BCUT2D eigenvalue weighted by Gasteiger charge is -2.12. The molecule has 1 heterocycles. The van der Waals surface area contributed by atoms with Gasteiger partial charge in [-0.25, -0.2) is 0 Å². The van der Waals surface area contributed by atoms with E-state index in [1.807, 2.05) is 0 Å². The van der Waals surface area contributed by atoms with Crippen LogP contribution in [0.3, 0.4) is 0 Å². The Hall–Kier alpha value is -3.04. The third kappa shape index (κ3) is 4.96. The Bertz CT molecular complexity index is 792. The zero-order valence-electron chi connectivity index (χ0n) is 13.5. The van der Waals surface area contributed by atoms with Gasteiger partial charge in [-0.3, -0.25) is 19.6 Å². The number of rotatable bonds is 7. The van der Waals surface area contributed by atoms with Gasteiger partial charge in [-0.15, -0.1) is 0 Å². The van der Waals surface area contributed by atoms with E-state index in [0.29, 0.717) is 0 Å². The predicted molar refractivity (Wildman–Crippen MR) is 84.7 cm³/mol. The van der Waals surface area contributed by atoms with Crippen LogP contribution in [0.5, 0.6) is 5.75 Å². The summed E-state index contributed by atoms with van der Waals surface area (Å²) in [6, 6.07) is 4.44. The molecule has 0 aliphatic rings. The van der Waals surface area contributed by atoms with E-state index in [-0.39, 0.29) is 35.8 Å². The third-order valence-corrected chi connectivity index (χ3v) is 3.31. The lowest BCUT2D eigenvalue weighted by Crippen LogP contribution is -2.16. The molecule has 0 unspecified atom stereocenters. The van der Waals surface area contributed by atoms with E-state index in [2.05, 4.69) is 15.2 Å². The average Bonchev–Trinajstić information content (AvgIpc) is 2.89. The molecule has 134 valence electrons. The molecule has 0 saturated heterocycles. The summed E-state index contributed by atoms with van der Waals surface area (Å²) in [6.45, 7) is 0.339. The molecule has 1 N–H and O–H groups in total. The van der Waals surface area contributed by atoms with Crippen molar-refractivity contribution in [1.82, 2.24) is 9.78 Å². The maximum absolute atomic E-state index is 12.4. The Morgan fingerprint density at radius 2 is 2.16 bits per heavy atom. The second-order valence-electron chi connectivity index (χ2n) is 5.30. The van der Waals surface area contributed by atoms with Gasteiger partial charge in [-0.05, 0) is 31.5 Å². The molecule has 1 amide bonds. The van der Waals surface area contributed by atoms with Gasteiger partial charge in [0.2, 0.25) is 5.91 Å². The van der Waals surface area contributed by atoms with Crippen molar-refractivity contribution in [2.75, 3.05) is 5.32 Å². The molecule has 10 heteroatoms. The lowest BCUT2D eigenvalue weighted by atomic mass is 10.2. The molecule has 25 heavy (non-hydrogen) atoms. The number of halogens is 2. The fourth-order valence-electron chi connectivity index (χ4n) is 2.17. The Kier molecular flexibility index (Phi) is 5.63. The number of alkyl halides is 2. The monoisotopic (exact) mass is 354 g/mol. The van der Waals surface area contributed by atoms with Gasteiger partial charge in [0.25, 0.3) is 0 Å². The number of anilines is 1. The quantitative estimate of drug-likeness (QED) is 0.608. The highest BCUT2D eigenvalue weighted by atomic mass is 19.3. The zero-order valence-corrected chi connectivity index (χ0v) is 13.5. The van der Waals surface area contributed by atoms with Crippen LogP contribution in [0.4, 0.5) is 20.2 Å². The van der Waals surface area contributed by atoms with Gasteiger partial charge in [-0.1, -0.05) is 6.07 Å². The van der Waals surface area contributed by atoms with E-state index >= 15 is 0 Å². The summed E-state index contributed by atoms with van der Waals surface area (Å²) in [7, 11) is 0. The SMILES string of the molecule is Cc1ccc(OC(F)F)c(NC(=O)CCn2cc([N+](=O)[O-])c(C)n2)c1. The van der Waals surface area contributed by atoms with Crippen molar-refractivity contribution in [3.05, 3.63) is 45.8 Å². The minimum atomic E-state index is -3.01. The Morgan fingerprint density at radius 1 is 1.44 bits per heavy atom. The highest BCUT2D eigenvalue weighted by molar-refractivity contribution is 5.92. The topological polar surface area (TPSA) is 99.3 Å². The van der Waals surface area contributed by atoms with E-state index in [1.165, 1.54) is 29.9 Å². The van der Waals surface area contributed by atoms with Crippen LogP contribution in [0.25, 0.3) is 0 Å². The molecular formula is C15H16F2N4O4. The fraction of sp³-hybridized carbons (Fsp3) is 0.333. The average molecular weight is 354 g/mol. The van der Waals surface area contributed by atoms with Crippen molar-refractivity contribution in [3.63, 3.8) is 0 Å². The molecule has 0 fully saturated rings. The molecule has 0 saturated carbocycles. The number of aromatic nitrogens is 2. The second-order valence-corrected chi connectivity index (χ2v) is 5.30. The van der Waals surface area contributed by atoms with Crippen molar-refractivity contribution >= 4 is 17.3 Å². The summed E-state index contributed by atoms with van der Waals surface area (Å²) in [5.41, 5.74) is 1.01. The molecule has 8 nitrogen and oxygen atoms in total. The number of carbonyl (C=O) groups excluding carboxylic acids is 1. The molecule has 0 aliphatic heterocycles. The van der Waals surface area contributed by atoms with Crippen LogP contribution in [0.1, 0.15) is 17.7 Å². The minimum Gasteiger partial charge on any atom is -0.433 e. The first-order valence-corrected chi connectivity index (χ1v) is 7.30. The van der Waals surface area contributed by atoms with Crippen molar-refractivity contribution in [1.29, 1.82) is 0 Å². The largest absolute Gasteiger partial charge is 0.433 e. The summed E-state index contributed by atoms with van der Waals surface area (Å²) >= 11 is 0. The van der Waals surface area contributed by atoms with E-state index in [4.69, 9.17) is 0 Å². The maximum atomic E-state index is 12.4. The smallest absolute Gasteiger partial charge is 0.387 e.